The number of benzene rings is 6. The van der Waals surface area contributed by atoms with Crippen molar-refractivity contribution in [1.82, 2.24) is 9.80 Å². The summed E-state index contributed by atoms with van der Waals surface area (Å²) in [5.74, 6) is 0.302. The second-order valence-electron chi connectivity index (χ2n) is 19.2. The minimum absolute atomic E-state index is 0. The standard InChI is InChI=1S/C26H29BrN2O2S.C23H29BrN2O4S.C8H9Br.CH2O3.2K.H/c27-24-13-15-26(16-14-24)32(30,31)29(25-11-5-2-6-12-25)21-23-10-7-18-28(20-23)19-17-22-8-3-1-4-9-22;1-23(2,3)30-22(27)25-15-7-8-18(16-25)17-26(20-9-5-4-6-10-20)31(28,29)21-13-11-19(24)12-14-21;9-7-6-8-4-2-1-3-5-8;2-1-4-3;;;/h1-6,8-9,11-16,23H,7,10,17-21H2;4-6,9-14,18H,7-8,15-17H2,1-3H3;1-5H,6-7H2;1,3H;;;/q;;;;2*+1;-1/p-1. The second kappa shape index (κ2) is 36.7. The van der Waals surface area contributed by atoms with Crippen LogP contribution in [0.5, 0.6) is 0 Å². The Morgan fingerprint density at radius 2 is 1.01 bits per heavy atom. The van der Waals surface area contributed by atoms with Crippen LogP contribution in [0.2, 0.25) is 0 Å². The normalized spacial score (nSPS) is 15.3. The van der Waals surface area contributed by atoms with Gasteiger partial charge in [0.25, 0.3) is 26.5 Å². The zero-order chi connectivity index (χ0) is 55.0. The molecule has 1 amide bonds. The van der Waals surface area contributed by atoms with Gasteiger partial charge in [-0.05, 0) is 162 Å². The van der Waals surface area contributed by atoms with Crippen LogP contribution >= 0.6 is 47.8 Å². The van der Waals surface area contributed by atoms with Gasteiger partial charge in [0, 0.05) is 53.5 Å². The smallest absolute Gasteiger partial charge is 1.00 e. The Balaban J connectivity index is 0.000000427. The molecule has 2 fully saturated rings. The van der Waals surface area contributed by atoms with Crippen molar-refractivity contribution in [3.8, 4) is 0 Å². The van der Waals surface area contributed by atoms with E-state index in [9.17, 15) is 21.6 Å². The molecular weight excluding hydrogens is 1280 g/mol. The molecule has 0 bridgehead atoms. The van der Waals surface area contributed by atoms with Crippen LogP contribution in [0.15, 0.2) is 189 Å². The van der Waals surface area contributed by atoms with Crippen LogP contribution in [0.1, 0.15) is 59.0 Å². The number of anilines is 2. The van der Waals surface area contributed by atoms with Crippen LogP contribution < -0.4 is 117 Å². The largest absolute Gasteiger partial charge is 1.00 e. The number of aryl methyl sites for hydroxylation is 1. The molecule has 2 unspecified atom stereocenters. The Labute approximate surface area is 575 Å². The number of sulfonamides is 2. The SMILES string of the molecule is BrCCc1ccccc1.CC(C)(C)OC(=O)N1CCCC(CN(c2ccccc2)S(=O)(=O)c2ccc(Br)cc2)C1.O=CO[O-].O=S(=O)(c1ccc(Br)cc1)N(CC1CCCN(CCc2ccccc2)C1)c1ccccc1.[H-].[K+].[K+]. The average Bonchev–Trinajstić information content (AvgIpc) is 3.46. The third-order valence-corrected chi connectivity index (χ3v) is 17.4. The van der Waals surface area contributed by atoms with Crippen molar-refractivity contribution in [2.75, 3.05) is 59.8 Å². The maximum Gasteiger partial charge on any atom is 1.00 e. The van der Waals surface area contributed by atoms with E-state index in [-0.39, 0.29) is 128 Å². The molecular formula is C58H69Br3K2N4O9S2. The number of hydrogen-bond donors (Lipinski definition) is 0. The van der Waals surface area contributed by atoms with Gasteiger partial charge in [-0.15, -0.1) is 0 Å². The van der Waals surface area contributed by atoms with Gasteiger partial charge in [0.1, 0.15) is 5.60 Å². The quantitative estimate of drug-likeness (QED) is 0.0367. The fourth-order valence-corrected chi connectivity index (χ4v) is 12.8. The molecule has 0 saturated carbocycles. The van der Waals surface area contributed by atoms with E-state index in [1.807, 2.05) is 81.4 Å². The van der Waals surface area contributed by atoms with Crippen LogP contribution in [0.4, 0.5) is 16.2 Å². The molecule has 0 aromatic heterocycles. The van der Waals surface area contributed by atoms with E-state index in [0.29, 0.717) is 42.7 Å². The Hall–Kier alpha value is -1.81. The summed E-state index contributed by atoms with van der Waals surface area (Å²) in [5.41, 5.74) is 3.51. The summed E-state index contributed by atoms with van der Waals surface area (Å²) < 4.78 is 64.5. The molecule has 6 aromatic rings. The molecule has 6 aromatic carbocycles. The molecule has 2 aliphatic rings. The fourth-order valence-electron chi connectivity index (χ4n) is 8.71. The van der Waals surface area contributed by atoms with Gasteiger partial charge in [0.05, 0.1) is 21.2 Å². The Bertz CT molecular complexity index is 2880. The van der Waals surface area contributed by atoms with Crippen molar-refractivity contribution in [1.29, 1.82) is 0 Å². The number of para-hydroxylation sites is 2. The van der Waals surface area contributed by atoms with E-state index in [2.05, 4.69) is 106 Å². The summed E-state index contributed by atoms with van der Waals surface area (Å²) >= 11 is 10.1. The van der Waals surface area contributed by atoms with Crippen LogP contribution in [-0.2, 0) is 47.3 Å². The third kappa shape index (κ3) is 24.2. The van der Waals surface area contributed by atoms with Gasteiger partial charge in [0.15, 0.2) is 0 Å². The minimum atomic E-state index is -3.76. The summed E-state index contributed by atoms with van der Waals surface area (Å²) in [6.45, 7) is 10.2. The van der Waals surface area contributed by atoms with Gasteiger partial charge >= 0.3 is 109 Å². The Morgan fingerprint density at radius 3 is 1.41 bits per heavy atom. The van der Waals surface area contributed by atoms with Crippen molar-refractivity contribution in [3.63, 3.8) is 0 Å². The van der Waals surface area contributed by atoms with E-state index in [0.717, 1.165) is 78.1 Å². The van der Waals surface area contributed by atoms with Gasteiger partial charge in [-0.3, -0.25) is 13.4 Å². The summed E-state index contributed by atoms with van der Waals surface area (Å²) in [6.07, 6.45) is 5.60. The number of piperidine rings is 2. The molecule has 2 saturated heterocycles. The van der Waals surface area contributed by atoms with Crippen molar-refractivity contribution < 1.29 is 146 Å². The number of halogens is 3. The number of alkyl halides is 1. The van der Waals surface area contributed by atoms with E-state index in [4.69, 9.17) is 14.8 Å². The first-order valence-corrected chi connectivity index (χ1v) is 30.7. The zero-order valence-electron chi connectivity index (χ0n) is 46.2. The van der Waals surface area contributed by atoms with Crippen LogP contribution in [0, 0.1) is 11.8 Å². The van der Waals surface area contributed by atoms with Crippen LogP contribution in [-0.4, -0.2) is 95.9 Å². The topological polar surface area (TPSA) is 157 Å². The van der Waals surface area contributed by atoms with Gasteiger partial charge in [0.2, 0.25) is 0 Å². The monoisotopic (exact) mass is 1340 g/mol. The molecule has 8 rings (SSSR count). The average molecular weight is 1350 g/mol. The zero-order valence-corrected chi connectivity index (χ0v) is 57.8. The first-order valence-electron chi connectivity index (χ1n) is 25.2. The first-order chi connectivity index (χ1) is 36.4. The van der Waals surface area contributed by atoms with Crippen molar-refractivity contribution in [2.45, 2.75) is 74.7 Å². The van der Waals surface area contributed by atoms with Gasteiger partial charge in [-0.25, -0.2) is 21.6 Å². The molecule has 0 spiro atoms. The molecule has 410 valence electrons. The van der Waals surface area contributed by atoms with E-state index >= 15 is 0 Å². The molecule has 2 heterocycles. The van der Waals surface area contributed by atoms with Gasteiger partial charge in [-0.2, -0.15) is 0 Å². The van der Waals surface area contributed by atoms with Crippen molar-refractivity contribution in [2.24, 2.45) is 11.8 Å². The summed E-state index contributed by atoms with van der Waals surface area (Å²) in [6, 6.07) is 53.1. The summed E-state index contributed by atoms with van der Waals surface area (Å²) in [5, 5.41) is 9.48. The molecule has 20 heteroatoms. The molecule has 0 N–H and O–H groups in total. The molecule has 2 aliphatic heterocycles. The van der Waals surface area contributed by atoms with E-state index < -0.39 is 25.6 Å². The number of rotatable bonds is 16. The maximum atomic E-state index is 13.6. The fraction of sp³-hybridized carbons (Fsp3) is 0.345. The van der Waals surface area contributed by atoms with E-state index in [1.54, 1.807) is 69.9 Å². The predicted molar refractivity (Wildman–Crippen MR) is 312 cm³/mol. The molecule has 0 aliphatic carbocycles. The Kier molecular flexibility index (Phi) is 33.2. The second-order valence-corrected chi connectivity index (χ2v) is 25.6. The van der Waals surface area contributed by atoms with E-state index in [1.165, 1.54) is 15.4 Å². The predicted octanol–water partition coefficient (Wildman–Crippen LogP) is 6.07. The number of hydrogen-bond acceptors (Lipinski definition) is 10. The Morgan fingerprint density at radius 1 is 0.628 bits per heavy atom. The number of ether oxygens (including phenoxy) is 1. The number of carbonyl (C=O) groups is 2. The first kappa shape index (κ1) is 70.5. The van der Waals surface area contributed by atoms with Gasteiger partial charge < -0.3 is 26.1 Å². The summed E-state index contributed by atoms with van der Waals surface area (Å²) in [7, 11) is -7.41. The minimum Gasteiger partial charge on any atom is -1.00 e. The number of amides is 1. The summed E-state index contributed by atoms with van der Waals surface area (Å²) in [4.78, 5) is 28.5. The number of nitrogens with zero attached hydrogens (tertiary/aromatic N) is 4. The number of likely N-dealkylation sites (tertiary alicyclic amines) is 2. The molecule has 0 radical (unpaired) electrons. The van der Waals surface area contributed by atoms with Crippen molar-refractivity contribution >= 4 is 91.8 Å². The van der Waals surface area contributed by atoms with Crippen LogP contribution in [0.25, 0.3) is 0 Å². The molecule has 13 nitrogen and oxygen atoms in total. The number of carbonyl (C=O) groups excluding carboxylic acids is 2. The molecule has 2 atom stereocenters. The van der Waals surface area contributed by atoms with Gasteiger partial charge in [-0.1, -0.05) is 145 Å². The maximum absolute atomic E-state index is 13.6. The van der Waals surface area contributed by atoms with Crippen molar-refractivity contribution in [3.05, 3.63) is 190 Å². The molecule has 78 heavy (non-hydrogen) atoms. The third-order valence-electron chi connectivity index (χ3n) is 12.3. The van der Waals surface area contributed by atoms with Crippen LogP contribution in [0.3, 0.4) is 0 Å².